The first-order valence-corrected chi connectivity index (χ1v) is 6.71. The molecule has 0 amide bonds. The summed E-state index contributed by atoms with van der Waals surface area (Å²) in [7, 11) is 0. The highest BCUT2D eigenvalue weighted by Gasteiger charge is 2.17. The molecule has 0 unspecified atom stereocenters. The van der Waals surface area contributed by atoms with Gasteiger partial charge in [0.05, 0.1) is 10.7 Å². The van der Waals surface area contributed by atoms with Gasteiger partial charge in [0.2, 0.25) is 0 Å². The highest BCUT2D eigenvalue weighted by Crippen LogP contribution is 2.19. The van der Waals surface area contributed by atoms with Crippen LogP contribution in [0.25, 0.3) is 0 Å². The first kappa shape index (κ1) is 13.0. The molecule has 0 spiro atoms. The predicted octanol–water partition coefficient (Wildman–Crippen LogP) is 3.40. The lowest BCUT2D eigenvalue weighted by molar-refractivity contribution is 0.0982. The number of nitrogens with zero attached hydrogens (tertiary/aromatic N) is 2. The second-order valence-corrected chi connectivity index (χ2v) is 5.04. The zero-order valence-electron chi connectivity index (χ0n) is 10.5. The molecule has 0 saturated heterocycles. The number of halogens is 1. The summed E-state index contributed by atoms with van der Waals surface area (Å²) < 4.78 is 2.49. The van der Waals surface area contributed by atoms with E-state index in [2.05, 4.69) is 21.0 Å². The van der Waals surface area contributed by atoms with Gasteiger partial charge in [-0.3, -0.25) is 9.48 Å². The van der Waals surface area contributed by atoms with Crippen molar-refractivity contribution in [1.29, 1.82) is 0 Å². The van der Waals surface area contributed by atoms with Crippen LogP contribution >= 0.6 is 15.9 Å². The quantitative estimate of drug-likeness (QED) is 0.812. The van der Waals surface area contributed by atoms with Gasteiger partial charge in [-0.1, -0.05) is 24.3 Å². The molecule has 0 bridgehead atoms. The van der Waals surface area contributed by atoms with Crippen LogP contribution in [0.2, 0.25) is 0 Å². The minimum atomic E-state index is 0.0931. The van der Waals surface area contributed by atoms with Gasteiger partial charge in [-0.25, -0.2) is 0 Å². The molecule has 2 aromatic rings. The Morgan fingerprint density at radius 3 is 2.78 bits per heavy atom. The molecule has 0 N–H and O–H groups in total. The second kappa shape index (κ2) is 5.48. The van der Waals surface area contributed by atoms with Crippen molar-refractivity contribution >= 4 is 21.7 Å². The van der Waals surface area contributed by atoms with Crippen LogP contribution in [0.3, 0.4) is 0 Å². The van der Waals surface area contributed by atoms with Gasteiger partial charge in [0, 0.05) is 13.0 Å². The Bertz CT molecular complexity index is 575. The van der Waals surface area contributed by atoms with Crippen LogP contribution < -0.4 is 0 Å². The van der Waals surface area contributed by atoms with Crippen molar-refractivity contribution in [1.82, 2.24) is 9.78 Å². The molecule has 0 radical (unpaired) electrons. The summed E-state index contributed by atoms with van der Waals surface area (Å²) in [6.45, 7) is 4.69. The van der Waals surface area contributed by atoms with E-state index in [1.165, 1.54) is 0 Å². The Labute approximate surface area is 115 Å². The van der Waals surface area contributed by atoms with Crippen molar-refractivity contribution in [3.05, 3.63) is 51.8 Å². The Morgan fingerprint density at radius 1 is 1.39 bits per heavy atom. The summed E-state index contributed by atoms with van der Waals surface area (Å²) in [5.74, 6) is 0.0931. The average Bonchev–Trinajstić information content (AvgIpc) is 2.73. The zero-order valence-corrected chi connectivity index (χ0v) is 12.1. The third-order valence-electron chi connectivity index (χ3n) is 2.97. The van der Waals surface area contributed by atoms with Crippen LogP contribution in [0.4, 0.5) is 0 Å². The summed E-state index contributed by atoms with van der Waals surface area (Å²) in [6, 6.07) is 7.96. The number of aryl methyl sites for hydroxylation is 2. The van der Waals surface area contributed by atoms with Crippen molar-refractivity contribution in [3.8, 4) is 0 Å². The monoisotopic (exact) mass is 306 g/mol. The second-order valence-electron chi connectivity index (χ2n) is 4.18. The molecule has 0 aliphatic heterocycles. The van der Waals surface area contributed by atoms with Crippen molar-refractivity contribution < 1.29 is 4.79 Å². The molecule has 1 heterocycles. The molecule has 0 atom stereocenters. The lowest BCUT2D eigenvalue weighted by Gasteiger charge is -2.07. The van der Waals surface area contributed by atoms with Gasteiger partial charge in [-0.05, 0) is 40.9 Å². The Morgan fingerprint density at radius 2 is 2.11 bits per heavy atom. The normalized spacial score (nSPS) is 10.6. The molecular weight excluding hydrogens is 292 g/mol. The maximum Gasteiger partial charge on any atom is 0.186 e. The summed E-state index contributed by atoms with van der Waals surface area (Å²) >= 11 is 3.39. The fourth-order valence-electron chi connectivity index (χ4n) is 1.94. The van der Waals surface area contributed by atoms with Gasteiger partial charge in [-0.15, -0.1) is 0 Å². The molecule has 1 aromatic heterocycles. The number of rotatable bonds is 4. The van der Waals surface area contributed by atoms with Crippen LogP contribution in [0.1, 0.15) is 28.5 Å². The van der Waals surface area contributed by atoms with E-state index in [0.717, 1.165) is 15.6 Å². The van der Waals surface area contributed by atoms with Gasteiger partial charge in [0.1, 0.15) is 5.69 Å². The van der Waals surface area contributed by atoms with Gasteiger partial charge < -0.3 is 0 Å². The van der Waals surface area contributed by atoms with Crippen LogP contribution in [-0.2, 0) is 13.0 Å². The van der Waals surface area contributed by atoms with E-state index < -0.39 is 0 Å². The largest absolute Gasteiger partial charge is 0.292 e. The van der Waals surface area contributed by atoms with Crippen molar-refractivity contribution in [2.75, 3.05) is 0 Å². The highest BCUT2D eigenvalue weighted by molar-refractivity contribution is 9.10. The molecular formula is C14H15BrN2O. The smallest absolute Gasteiger partial charge is 0.186 e. The minimum Gasteiger partial charge on any atom is -0.292 e. The number of benzene rings is 1. The zero-order chi connectivity index (χ0) is 13.1. The Hall–Kier alpha value is -1.42. The van der Waals surface area contributed by atoms with E-state index >= 15 is 0 Å². The molecule has 0 saturated carbocycles. The molecule has 3 nitrogen and oxygen atoms in total. The lowest BCUT2D eigenvalue weighted by atomic mass is 10.0. The number of ketones is 1. The molecule has 94 valence electrons. The van der Waals surface area contributed by atoms with E-state index in [1.807, 2.05) is 38.1 Å². The maximum atomic E-state index is 12.3. The van der Waals surface area contributed by atoms with Crippen LogP contribution in [-0.4, -0.2) is 15.6 Å². The van der Waals surface area contributed by atoms with Crippen LogP contribution in [0.5, 0.6) is 0 Å². The first-order chi connectivity index (χ1) is 8.63. The summed E-state index contributed by atoms with van der Waals surface area (Å²) in [4.78, 5) is 12.3. The van der Waals surface area contributed by atoms with E-state index in [9.17, 15) is 4.79 Å². The number of carbonyl (C=O) groups excluding carboxylic acids is 1. The van der Waals surface area contributed by atoms with E-state index in [4.69, 9.17) is 0 Å². The highest BCUT2D eigenvalue weighted by atomic mass is 79.9. The topological polar surface area (TPSA) is 34.9 Å². The first-order valence-electron chi connectivity index (χ1n) is 5.92. The average molecular weight is 307 g/mol. The standard InChI is InChI=1S/C14H15BrN2O/c1-3-17-14(12(15)9-16-17)13(18)8-11-7-5-4-6-10(11)2/h4-7,9H,3,8H2,1-2H3. The van der Waals surface area contributed by atoms with Crippen LogP contribution in [0.15, 0.2) is 34.9 Å². The lowest BCUT2D eigenvalue weighted by Crippen LogP contribution is -2.12. The third-order valence-corrected chi connectivity index (χ3v) is 3.55. The van der Waals surface area contributed by atoms with Crippen molar-refractivity contribution in [3.63, 3.8) is 0 Å². The Kier molecular flexibility index (Phi) is 3.97. The van der Waals surface area contributed by atoms with E-state index in [0.29, 0.717) is 18.7 Å². The van der Waals surface area contributed by atoms with Gasteiger partial charge in [0.25, 0.3) is 0 Å². The van der Waals surface area contributed by atoms with Gasteiger partial charge in [-0.2, -0.15) is 5.10 Å². The van der Waals surface area contributed by atoms with Gasteiger partial charge in [0.15, 0.2) is 5.78 Å². The third kappa shape index (κ3) is 2.53. The summed E-state index contributed by atoms with van der Waals surface area (Å²) in [6.07, 6.45) is 2.09. The predicted molar refractivity (Wildman–Crippen MR) is 74.8 cm³/mol. The summed E-state index contributed by atoms with van der Waals surface area (Å²) in [5, 5.41) is 4.17. The molecule has 0 fully saturated rings. The molecule has 18 heavy (non-hydrogen) atoms. The summed E-state index contributed by atoms with van der Waals surface area (Å²) in [5.41, 5.74) is 2.86. The fourth-order valence-corrected chi connectivity index (χ4v) is 2.46. The van der Waals surface area contributed by atoms with Gasteiger partial charge >= 0.3 is 0 Å². The molecule has 4 heteroatoms. The number of carbonyl (C=O) groups is 1. The Balaban J connectivity index is 2.28. The molecule has 2 rings (SSSR count). The van der Waals surface area contributed by atoms with Crippen molar-refractivity contribution in [2.45, 2.75) is 26.8 Å². The number of aromatic nitrogens is 2. The van der Waals surface area contributed by atoms with Crippen molar-refractivity contribution in [2.24, 2.45) is 0 Å². The molecule has 0 aliphatic carbocycles. The number of hydrogen-bond acceptors (Lipinski definition) is 2. The SMILES string of the molecule is CCn1ncc(Br)c1C(=O)Cc1ccccc1C. The van der Waals surface area contributed by atoms with Crippen LogP contribution in [0, 0.1) is 6.92 Å². The number of Topliss-reactive ketones (excluding diaryl/α,β-unsaturated/α-hetero) is 1. The van der Waals surface area contributed by atoms with E-state index in [-0.39, 0.29) is 5.78 Å². The van der Waals surface area contributed by atoms with E-state index in [1.54, 1.807) is 10.9 Å². The minimum absolute atomic E-state index is 0.0931. The molecule has 0 aliphatic rings. The maximum absolute atomic E-state index is 12.3. The fraction of sp³-hybridized carbons (Fsp3) is 0.286. The number of hydrogen-bond donors (Lipinski definition) is 0. The molecule has 1 aromatic carbocycles.